The van der Waals surface area contributed by atoms with E-state index in [0.29, 0.717) is 18.4 Å². The van der Waals surface area contributed by atoms with Gasteiger partial charge in [0.15, 0.2) is 11.4 Å². The highest BCUT2D eigenvalue weighted by atomic mass is 19.1. The van der Waals surface area contributed by atoms with Crippen LogP contribution in [0, 0.1) is 23.5 Å². The molecule has 1 spiro atoms. The van der Waals surface area contributed by atoms with Crippen LogP contribution in [0.4, 0.5) is 8.78 Å². The molecule has 0 radical (unpaired) electrons. The van der Waals surface area contributed by atoms with Gasteiger partial charge in [0.1, 0.15) is 22.9 Å². The zero-order chi connectivity index (χ0) is 24.2. The average Bonchev–Trinajstić information content (AvgIpc) is 3.07. The van der Waals surface area contributed by atoms with Crippen molar-refractivity contribution in [2.75, 3.05) is 19.1 Å². The lowest BCUT2D eigenvalue weighted by atomic mass is 9.89. The largest absolute Gasteiger partial charge is 0.502 e. The number of hydrogen-bond acceptors (Lipinski definition) is 5. The lowest BCUT2D eigenvalue weighted by molar-refractivity contribution is 0.0230. The second kappa shape index (κ2) is 7.86. The fourth-order valence-electron chi connectivity index (χ4n) is 5.16. The number of halogens is 2. The Morgan fingerprint density at radius 1 is 1.24 bits per heavy atom. The molecule has 1 aliphatic carbocycles. The van der Waals surface area contributed by atoms with Gasteiger partial charge in [-0.25, -0.2) is 8.78 Å². The van der Waals surface area contributed by atoms with E-state index in [4.69, 9.17) is 0 Å². The second-order valence-electron chi connectivity index (χ2n) is 8.90. The molecule has 10 heteroatoms. The van der Waals surface area contributed by atoms with E-state index in [9.17, 15) is 28.3 Å². The summed E-state index contributed by atoms with van der Waals surface area (Å²) in [7, 11) is 3.40. The predicted molar refractivity (Wildman–Crippen MR) is 116 cm³/mol. The smallest absolute Gasteiger partial charge is 0.278 e. The van der Waals surface area contributed by atoms with E-state index in [2.05, 4.69) is 19.2 Å². The van der Waals surface area contributed by atoms with Gasteiger partial charge in [-0.3, -0.25) is 24.1 Å². The Hall–Kier alpha value is -3.43. The number of hydrogen-bond donors (Lipinski definition) is 2. The van der Waals surface area contributed by atoms with Crippen molar-refractivity contribution in [1.29, 1.82) is 0 Å². The maximum atomic E-state index is 13.9. The molecule has 1 aliphatic heterocycles. The van der Waals surface area contributed by atoms with E-state index < -0.39 is 45.9 Å². The number of nitrogens with zero attached hydrogens (tertiary/aromatic N) is 3. The molecule has 2 aliphatic rings. The molecule has 0 bridgehead atoms. The van der Waals surface area contributed by atoms with Gasteiger partial charge in [-0.2, -0.15) is 0 Å². The molecular formula is C23H26F2N4O4. The highest BCUT2D eigenvalue weighted by Gasteiger charge is 2.55. The van der Waals surface area contributed by atoms with Crippen LogP contribution in [0.5, 0.6) is 5.75 Å². The fourth-order valence-corrected chi connectivity index (χ4v) is 5.16. The van der Waals surface area contributed by atoms with Gasteiger partial charge in [0, 0.05) is 44.4 Å². The first-order valence-electron chi connectivity index (χ1n) is 10.7. The van der Waals surface area contributed by atoms with Crippen molar-refractivity contribution in [2.24, 2.45) is 11.8 Å². The van der Waals surface area contributed by atoms with Crippen LogP contribution in [0.15, 0.2) is 29.2 Å². The van der Waals surface area contributed by atoms with E-state index in [1.54, 1.807) is 24.0 Å². The van der Waals surface area contributed by atoms with E-state index in [-0.39, 0.29) is 23.7 Å². The Morgan fingerprint density at radius 3 is 2.55 bits per heavy atom. The summed E-state index contributed by atoms with van der Waals surface area (Å²) < 4.78 is 28.4. The summed E-state index contributed by atoms with van der Waals surface area (Å²) in [6.07, 6.45) is 2.81. The van der Waals surface area contributed by atoms with E-state index in [1.165, 1.54) is 16.9 Å². The van der Waals surface area contributed by atoms with Crippen LogP contribution in [0.3, 0.4) is 0 Å². The number of carbonyl (C=O) groups is 2. The van der Waals surface area contributed by atoms with Crippen LogP contribution < -0.4 is 15.8 Å². The Kier molecular flexibility index (Phi) is 5.42. The van der Waals surface area contributed by atoms with Crippen molar-refractivity contribution < 1.29 is 23.5 Å². The number of amides is 2. The van der Waals surface area contributed by atoms with Crippen molar-refractivity contribution in [3.8, 4) is 5.75 Å². The van der Waals surface area contributed by atoms with Crippen LogP contribution in [0.2, 0.25) is 0 Å². The fraction of sp³-hybridized carbons (Fsp3) is 0.435. The summed E-state index contributed by atoms with van der Waals surface area (Å²) in [6, 6.07) is 2.95. The summed E-state index contributed by atoms with van der Waals surface area (Å²) in [4.78, 5) is 40.3. The molecule has 2 amide bonds. The highest BCUT2D eigenvalue weighted by molar-refractivity contribution is 5.99. The zero-order valence-electron chi connectivity index (χ0n) is 18.9. The van der Waals surface area contributed by atoms with Crippen LogP contribution in [0.25, 0.3) is 0 Å². The minimum absolute atomic E-state index is 0.0358. The van der Waals surface area contributed by atoms with Crippen molar-refractivity contribution in [2.45, 2.75) is 38.9 Å². The molecule has 0 saturated heterocycles. The molecule has 0 unspecified atom stereocenters. The number of carbonyl (C=O) groups excluding carboxylic acids is 2. The van der Waals surface area contributed by atoms with Gasteiger partial charge < -0.3 is 15.3 Å². The lowest BCUT2D eigenvalue weighted by Gasteiger charge is -2.54. The quantitative estimate of drug-likeness (QED) is 0.732. The number of rotatable bonds is 3. The van der Waals surface area contributed by atoms with Gasteiger partial charge >= 0.3 is 0 Å². The minimum atomic E-state index is -1.00. The molecule has 176 valence electrons. The molecule has 4 rings (SSSR count). The molecule has 3 atom stereocenters. The molecule has 8 nitrogen and oxygen atoms in total. The van der Waals surface area contributed by atoms with Crippen molar-refractivity contribution in [1.82, 2.24) is 14.9 Å². The number of aromatic hydroxyl groups is 1. The summed E-state index contributed by atoms with van der Waals surface area (Å²) in [5.41, 5.74) is -2.26. The van der Waals surface area contributed by atoms with Crippen molar-refractivity contribution in [3.63, 3.8) is 0 Å². The molecular weight excluding hydrogens is 434 g/mol. The third kappa shape index (κ3) is 3.27. The van der Waals surface area contributed by atoms with Crippen molar-refractivity contribution >= 4 is 11.8 Å². The number of fused-ring (bicyclic) bond motifs is 1. The number of nitrogens with one attached hydrogen (secondary N) is 1. The molecule has 1 fully saturated rings. The predicted octanol–water partition coefficient (Wildman–Crippen LogP) is 2.18. The van der Waals surface area contributed by atoms with Crippen LogP contribution in [-0.4, -0.2) is 46.3 Å². The van der Waals surface area contributed by atoms with Gasteiger partial charge in [-0.1, -0.05) is 19.9 Å². The molecule has 2 aromatic rings. The lowest BCUT2D eigenvalue weighted by Crippen LogP contribution is -2.69. The van der Waals surface area contributed by atoms with E-state index >= 15 is 0 Å². The van der Waals surface area contributed by atoms with E-state index in [0.717, 1.165) is 12.5 Å². The van der Waals surface area contributed by atoms with Crippen LogP contribution >= 0.6 is 0 Å². The van der Waals surface area contributed by atoms with Gasteiger partial charge in [-0.15, -0.1) is 0 Å². The summed E-state index contributed by atoms with van der Waals surface area (Å²) in [5.74, 6) is -3.34. The number of pyridine rings is 1. The third-order valence-electron chi connectivity index (χ3n) is 7.39. The van der Waals surface area contributed by atoms with Gasteiger partial charge in [0.25, 0.3) is 11.8 Å². The van der Waals surface area contributed by atoms with Gasteiger partial charge in [0.05, 0.1) is 0 Å². The Bertz CT molecular complexity index is 1210. The first-order chi connectivity index (χ1) is 15.5. The number of aromatic nitrogens is 1. The highest BCUT2D eigenvalue weighted by Crippen LogP contribution is 2.47. The maximum Gasteiger partial charge on any atom is 0.278 e. The summed E-state index contributed by atoms with van der Waals surface area (Å²) in [5, 5.41) is 14.8. The standard InChI is InChI=1S/C23H26F2N4O4/c1-12-7-8-23(13(12)2)27(3)22(33)18-20(31)19(30)16(11-29(18)28(23)4)21(32)26-10-14-5-6-15(24)9-17(14)25/h5-6,9,11-13,31H,7-8,10H2,1-4H3,(H,26,32)/t12-,13-,23-/m0/s1. The second-order valence-corrected chi connectivity index (χ2v) is 8.90. The topological polar surface area (TPSA) is 94.9 Å². The zero-order valence-corrected chi connectivity index (χ0v) is 18.9. The Balaban J connectivity index is 1.73. The normalized spacial score (nSPS) is 24.4. The van der Waals surface area contributed by atoms with Crippen LogP contribution in [0.1, 0.15) is 53.1 Å². The maximum absolute atomic E-state index is 13.9. The average molecular weight is 460 g/mol. The molecule has 1 aromatic carbocycles. The van der Waals surface area contributed by atoms with Crippen molar-refractivity contribution in [3.05, 3.63) is 63.1 Å². The third-order valence-corrected chi connectivity index (χ3v) is 7.39. The monoisotopic (exact) mass is 460 g/mol. The molecule has 2 N–H and O–H groups in total. The Labute approximate surface area is 189 Å². The first kappa shape index (κ1) is 22.8. The molecule has 1 saturated carbocycles. The molecule has 1 aromatic heterocycles. The molecule has 33 heavy (non-hydrogen) atoms. The van der Waals surface area contributed by atoms with E-state index in [1.807, 2.05) is 0 Å². The van der Waals surface area contributed by atoms with Gasteiger partial charge in [0.2, 0.25) is 5.43 Å². The Morgan fingerprint density at radius 2 is 1.94 bits per heavy atom. The SMILES string of the molecule is C[C@H]1CC[C@]2([C@H]1C)N(C)C(=O)c1c(O)c(=O)c(C(=O)NCc3ccc(F)cc3F)cn1N2C. The first-order valence-corrected chi connectivity index (χ1v) is 10.7. The summed E-state index contributed by atoms with van der Waals surface area (Å²) >= 11 is 0. The van der Waals surface area contributed by atoms with Crippen LogP contribution in [-0.2, 0) is 6.54 Å². The molecule has 2 heterocycles. The number of benzene rings is 1. The summed E-state index contributed by atoms with van der Waals surface area (Å²) in [6.45, 7) is 3.87. The van der Waals surface area contributed by atoms with Gasteiger partial charge in [-0.05, 0) is 24.8 Å². The minimum Gasteiger partial charge on any atom is -0.502 e.